The van der Waals surface area contributed by atoms with Crippen molar-refractivity contribution in [2.75, 3.05) is 30.9 Å². The van der Waals surface area contributed by atoms with Crippen molar-refractivity contribution in [3.63, 3.8) is 0 Å². The normalized spacial score (nSPS) is 17.2. The van der Waals surface area contributed by atoms with E-state index in [0.717, 1.165) is 42.4 Å². The molecule has 2 aromatic carbocycles. The largest absolute Gasteiger partial charge is 0.438 e. The van der Waals surface area contributed by atoms with Gasteiger partial charge in [0.25, 0.3) is 5.91 Å². The molecule has 0 unspecified atom stereocenters. The van der Waals surface area contributed by atoms with E-state index < -0.39 is 0 Å². The zero-order valence-corrected chi connectivity index (χ0v) is 21.2. The summed E-state index contributed by atoms with van der Waals surface area (Å²) in [6.07, 6.45) is 5.68. The number of para-hydroxylation sites is 2. The van der Waals surface area contributed by atoms with Gasteiger partial charge in [0.05, 0.1) is 5.52 Å². The van der Waals surface area contributed by atoms with Crippen molar-refractivity contribution in [1.82, 2.24) is 20.3 Å². The molecule has 1 amide bonds. The summed E-state index contributed by atoms with van der Waals surface area (Å²) in [6, 6.07) is 21.3. The Kier molecular flexibility index (Phi) is 7.44. The molecular weight excluding hydrogens is 464 g/mol. The quantitative estimate of drug-likeness (QED) is 0.343. The highest BCUT2D eigenvalue weighted by Crippen LogP contribution is 2.28. The number of carbonyl (C=O) groups excluding carboxylic acids is 1. The fourth-order valence-electron chi connectivity index (χ4n) is 4.74. The number of rotatable bonds is 8. The van der Waals surface area contributed by atoms with Gasteiger partial charge in [0.2, 0.25) is 11.8 Å². The molecule has 2 heterocycles. The van der Waals surface area contributed by atoms with E-state index in [1.165, 1.54) is 0 Å². The molecule has 0 spiro atoms. The molecule has 0 bridgehead atoms. The molecular formula is C29H32N6O2. The molecule has 1 fully saturated rings. The first kappa shape index (κ1) is 24.5. The standard InChI is InChI=1S/C29H32N6O2/c1-35(2)26-23-11-6-7-13-25(23)33-29(34-26)32-21-16-14-20(15-17-21)19-31-27(36)24-12-8-18-30-28(24)37-22-9-4-3-5-10-22/h3-13,18,20-21H,14-17,19H2,1-2H3,(H,31,36)(H,32,33,34). The Morgan fingerprint density at radius 3 is 2.49 bits per heavy atom. The number of fused-ring (bicyclic) bond motifs is 1. The monoisotopic (exact) mass is 496 g/mol. The first-order chi connectivity index (χ1) is 18.1. The number of pyridine rings is 1. The van der Waals surface area contributed by atoms with E-state index in [0.29, 0.717) is 41.6 Å². The molecule has 0 radical (unpaired) electrons. The van der Waals surface area contributed by atoms with Crippen LogP contribution < -0.4 is 20.3 Å². The van der Waals surface area contributed by atoms with E-state index >= 15 is 0 Å². The van der Waals surface area contributed by atoms with E-state index in [-0.39, 0.29) is 5.91 Å². The van der Waals surface area contributed by atoms with Crippen LogP contribution in [0.1, 0.15) is 36.0 Å². The summed E-state index contributed by atoms with van der Waals surface area (Å²) in [5.74, 6) is 2.80. The molecule has 5 rings (SSSR count). The number of ether oxygens (including phenoxy) is 1. The predicted octanol–water partition coefficient (Wildman–Crippen LogP) is 5.28. The van der Waals surface area contributed by atoms with E-state index in [4.69, 9.17) is 14.7 Å². The molecule has 2 aromatic heterocycles. The van der Waals surface area contributed by atoms with Crippen molar-refractivity contribution in [3.05, 3.63) is 78.5 Å². The van der Waals surface area contributed by atoms with Gasteiger partial charge in [0.1, 0.15) is 17.1 Å². The van der Waals surface area contributed by atoms with Crippen LogP contribution in [0.5, 0.6) is 11.6 Å². The van der Waals surface area contributed by atoms with E-state index in [1.807, 2.05) is 67.5 Å². The van der Waals surface area contributed by atoms with Gasteiger partial charge < -0.3 is 20.3 Å². The average Bonchev–Trinajstić information content (AvgIpc) is 2.93. The molecule has 0 saturated heterocycles. The second-order valence-electron chi connectivity index (χ2n) is 9.63. The number of hydrogen-bond donors (Lipinski definition) is 2. The van der Waals surface area contributed by atoms with Gasteiger partial charge in [-0.15, -0.1) is 0 Å². The minimum atomic E-state index is -0.167. The topological polar surface area (TPSA) is 92.3 Å². The number of nitrogens with zero attached hydrogens (tertiary/aromatic N) is 4. The summed E-state index contributed by atoms with van der Waals surface area (Å²) in [7, 11) is 4.00. The molecule has 1 saturated carbocycles. The van der Waals surface area contributed by atoms with Crippen molar-refractivity contribution < 1.29 is 9.53 Å². The molecule has 4 aromatic rings. The second-order valence-corrected chi connectivity index (χ2v) is 9.63. The number of amides is 1. The maximum atomic E-state index is 12.9. The third-order valence-electron chi connectivity index (χ3n) is 6.71. The molecule has 8 nitrogen and oxygen atoms in total. The van der Waals surface area contributed by atoms with Crippen LogP contribution in [-0.4, -0.2) is 47.5 Å². The zero-order valence-electron chi connectivity index (χ0n) is 21.2. The number of carbonyl (C=O) groups is 1. The summed E-state index contributed by atoms with van der Waals surface area (Å²) in [6.45, 7) is 0.627. The Morgan fingerprint density at radius 2 is 1.70 bits per heavy atom. The lowest BCUT2D eigenvalue weighted by molar-refractivity contribution is 0.0940. The van der Waals surface area contributed by atoms with E-state index in [9.17, 15) is 4.79 Å². The summed E-state index contributed by atoms with van der Waals surface area (Å²) < 4.78 is 5.85. The highest BCUT2D eigenvalue weighted by atomic mass is 16.5. The lowest BCUT2D eigenvalue weighted by Crippen LogP contribution is -2.34. The van der Waals surface area contributed by atoms with Gasteiger partial charge in [-0.25, -0.2) is 9.97 Å². The van der Waals surface area contributed by atoms with Crippen molar-refractivity contribution in [1.29, 1.82) is 0 Å². The number of benzene rings is 2. The van der Waals surface area contributed by atoms with Crippen LogP contribution >= 0.6 is 0 Å². The highest BCUT2D eigenvalue weighted by Gasteiger charge is 2.23. The minimum absolute atomic E-state index is 0.167. The lowest BCUT2D eigenvalue weighted by Gasteiger charge is -2.29. The molecule has 1 aliphatic rings. The fraction of sp³-hybridized carbons (Fsp3) is 0.310. The average molecular weight is 497 g/mol. The maximum absolute atomic E-state index is 12.9. The molecule has 8 heteroatoms. The van der Waals surface area contributed by atoms with Gasteiger partial charge >= 0.3 is 0 Å². The third-order valence-corrected chi connectivity index (χ3v) is 6.71. The van der Waals surface area contributed by atoms with Crippen LogP contribution in [0.3, 0.4) is 0 Å². The van der Waals surface area contributed by atoms with Gasteiger partial charge in [-0.05, 0) is 68.0 Å². The van der Waals surface area contributed by atoms with Gasteiger partial charge in [-0.3, -0.25) is 4.79 Å². The first-order valence-corrected chi connectivity index (χ1v) is 12.7. The van der Waals surface area contributed by atoms with Crippen LogP contribution in [0.15, 0.2) is 72.9 Å². The van der Waals surface area contributed by atoms with Crippen molar-refractivity contribution in [3.8, 4) is 11.6 Å². The smallest absolute Gasteiger partial charge is 0.256 e. The first-order valence-electron chi connectivity index (χ1n) is 12.7. The van der Waals surface area contributed by atoms with Crippen LogP contribution in [0.2, 0.25) is 0 Å². The Bertz CT molecular complexity index is 1350. The second kappa shape index (κ2) is 11.2. The summed E-state index contributed by atoms with van der Waals surface area (Å²) in [5.41, 5.74) is 1.37. The third kappa shape index (κ3) is 5.97. The maximum Gasteiger partial charge on any atom is 0.256 e. The predicted molar refractivity (Wildman–Crippen MR) is 146 cm³/mol. The lowest BCUT2D eigenvalue weighted by atomic mass is 9.86. The molecule has 37 heavy (non-hydrogen) atoms. The number of aromatic nitrogens is 3. The summed E-state index contributed by atoms with van der Waals surface area (Å²) in [4.78, 5) is 28.7. The SMILES string of the molecule is CN(C)c1nc(NC2CCC(CNC(=O)c3cccnc3Oc3ccccc3)CC2)nc2ccccc12. The Labute approximate surface area is 217 Å². The highest BCUT2D eigenvalue weighted by molar-refractivity contribution is 5.96. The minimum Gasteiger partial charge on any atom is -0.438 e. The Morgan fingerprint density at radius 1 is 0.946 bits per heavy atom. The Balaban J connectivity index is 1.15. The van der Waals surface area contributed by atoms with E-state index in [2.05, 4.69) is 21.7 Å². The van der Waals surface area contributed by atoms with Crippen molar-refractivity contribution in [2.24, 2.45) is 5.92 Å². The number of nitrogens with one attached hydrogen (secondary N) is 2. The zero-order chi connectivity index (χ0) is 25.6. The molecule has 0 aliphatic heterocycles. The molecule has 0 atom stereocenters. The number of anilines is 2. The van der Waals surface area contributed by atoms with Gasteiger partial charge in [-0.2, -0.15) is 4.98 Å². The summed E-state index contributed by atoms with van der Waals surface area (Å²) >= 11 is 0. The van der Waals surface area contributed by atoms with Gasteiger partial charge in [0.15, 0.2) is 0 Å². The van der Waals surface area contributed by atoms with Crippen molar-refractivity contribution in [2.45, 2.75) is 31.7 Å². The van der Waals surface area contributed by atoms with Gasteiger partial charge in [-0.1, -0.05) is 30.3 Å². The molecule has 190 valence electrons. The van der Waals surface area contributed by atoms with Gasteiger partial charge in [0, 0.05) is 38.3 Å². The number of hydrogen-bond acceptors (Lipinski definition) is 7. The van der Waals surface area contributed by atoms with Crippen LogP contribution in [0.25, 0.3) is 10.9 Å². The van der Waals surface area contributed by atoms with Crippen LogP contribution in [0.4, 0.5) is 11.8 Å². The fourth-order valence-corrected chi connectivity index (χ4v) is 4.74. The van der Waals surface area contributed by atoms with Crippen LogP contribution in [-0.2, 0) is 0 Å². The van der Waals surface area contributed by atoms with Crippen LogP contribution in [0, 0.1) is 5.92 Å². The van der Waals surface area contributed by atoms with Crippen molar-refractivity contribution >= 4 is 28.6 Å². The molecule has 2 N–H and O–H groups in total. The van der Waals surface area contributed by atoms with E-state index in [1.54, 1.807) is 18.3 Å². The summed E-state index contributed by atoms with van der Waals surface area (Å²) in [5, 5.41) is 7.68. The molecule has 1 aliphatic carbocycles. The Hall–Kier alpha value is -4.20.